The molecular formula is C33H76Br2O9. The summed E-state index contributed by atoms with van der Waals surface area (Å²) in [4.78, 5) is 0. The molecule has 0 aliphatic rings. The normalized spacial score (nSPS) is 9.82. The van der Waals surface area contributed by atoms with Crippen LogP contribution in [0.2, 0.25) is 0 Å². The Balaban J connectivity index is -0.000000113. The second kappa shape index (κ2) is 66.1. The number of unbranched alkanes of at least 4 members (excludes halogenated alkanes) is 8. The van der Waals surface area contributed by atoms with Crippen molar-refractivity contribution < 1.29 is 44.5 Å². The van der Waals surface area contributed by atoms with Gasteiger partial charge < -0.3 is 44.5 Å². The van der Waals surface area contributed by atoms with E-state index in [4.69, 9.17) is 44.5 Å². The SMILES string of the molecule is Br.C.CCCCCCCO.CCCCCCCOCCCOCCCO.OCCCOCCCBr.OCCCOCCCO. The molecule has 9 nitrogen and oxygen atoms in total. The van der Waals surface area contributed by atoms with Crippen molar-refractivity contribution in [3.8, 4) is 0 Å². The molecule has 11 heteroatoms. The summed E-state index contributed by atoms with van der Waals surface area (Å²) in [7, 11) is 0. The molecule has 5 N–H and O–H groups in total. The molecule has 0 aromatic rings. The Labute approximate surface area is 291 Å². The molecule has 0 unspecified atom stereocenters. The zero-order valence-electron chi connectivity index (χ0n) is 27.9. The van der Waals surface area contributed by atoms with E-state index in [-0.39, 0.29) is 50.8 Å². The van der Waals surface area contributed by atoms with E-state index in [0.29, 0.717) is 45.9 Å². The van der Waals surface area contributed by atoms with Crippen LogP contribution in [-0.4, -0.2) is 117 Å². The third-order valence-corrected chi connectivity index (χ3v) is 6.00. The van der Waals surface area contributed by atoms with Crippen LogP contribution in [0, 0.1) is 0 Å². The summed E-state index contributed by atoms with van der Waals surface area (Å²) in [5.74, 6) is 0. The van der Waals surface area contributed by atoms with Gasteiger partial charge in [0.1, 0.15) is 0 Å². The maximum absolute atomic E-state index is 8.52. The highest BCUT2D eigenvalue weighted by atomic mass is 79.9. The van der Waals surface area contributed by atoms with E-state index in [0.717, 1.165) is 63.9 Å². The second-order valence-electron chi connectivity index (χ2n) is 9.71. The molecular weight excluding hydrogens is 700 g/mol. The van der Waals surface area contributed by atoms with Crippen molar-refractivity contribution in [1.29, 1.82) is 0 Å². The first-order chi connectivity index (χ1) is 20.7. The van der Waals surface area contributed by atoms with E-state index in [9.17, 15) is 0 Å². The van der Waals surface area contributed by atoms with Gasteiger partial charge in [0.25, 0.3) is 0 Å². The first-order valence-corrected chi connectivity index (χ1v) is 17.7. The molecule has 44 heavy (non-hydrogen) atoms. The van der Waals surface area contributed by atoms with Gasteiger partial charge in [-0.3, -0.25) is 0 Å². The monoisotopic (exact) mass is 774 g/mol. The molecule has 0 heterocycles. The van der Waals surface area contributed by atoms with Crippen molar-refractivity contribution in [1.82, 2.24) is 0 Å². The summed E-state index contributed by atoms with van der Waals surface area (Å²) >= 11 is 3.29. The van der Waals surface area contributed by atoms with Crippen LogP contribution in [0.15, 0.2) is 0 Å². The van der Waals surface area contributed by atoms with E-state index in [1.54, 1.807) is 0 Å². The lowest BCUT2D eigenvalue weighted by Gasteiger charge is -2.05. The van der Waals surface area contributed by atoms with Gasteiger partial charge in [-0.25, -0.2) is 0 Å². The first-order valence-electron chi connectivity index (χ1n) is 16.6. The van der Waals surface area contributed by atoms with Crippen LogP contribution in [0.5, 0.6) is 0 Å². The van der Waals surface area contributed by atoms with Gasteiger partial charge in [0, 0.05) is 91.2 Å². The number of aliphatic hydroxyl groups excluding tert-OH is 5. The summed E-state index contributed by atoms with van der Waals surface area (Å²) in [6.07, 6.45) is 17.4. The summed E-state index contributed by atoms with van der Waals surface area (Å²) in [6, 6.07) is 0. The largest absolute Gasteiger partial charge is 0.396 e. The topological polar surface area (TPSA) is 138 Å². The van der Waals surface area contributed by atoms with Crippen molar-refractivity contribution in [3.05, 3.63) is 0 Å². The van der Waals surface area contributed by atoms with Gasteiger partial charge in [0.15, 0.2) is 0 Å². The predicted molar refractivity (Wildman–Crippen MR) is 195 cm³/mol. The molecule has 0 atom stereocenters. The van der Waals surface area contributed by atoms with Crippen LogP contribution in [0.4, 0.5) is 0 Å². The van der Waals surface area contributed by atoms with Gasteiger partial charge in [-0.15, -0.1) is 17.0 Å². The molecule has 0 aromatic heterocycles. The Kier molecular flexibility index (Phi) is 85.5. The zero-order chi connectivity index (χ0) is 32.0. The second-order valence-corrected chi connectivity index (χ2v) is 10.5. The summed E-state index contributed by atoms with van der Waals surface area (Å²) in [5.41, 5.74) is 0. The van der Waals surface area contributed by atoms with Gasteiger partial charge in [-0.05, 0) is 51.4 Å². The number of ether oxygens (including phenoxy) is 4. The molecule has 0 saturated heterocycles. The number of alkyl halides is 1. The predicted octanol–water partition coefficient (Wildman–Crippen LogP) is 6.86. The maximum atomic E-state index is 8.52. The Morgan fingerprint density at radius 3 is 0.955 bits per heavy atom. The summed E-state index contributed by atoms with van der Waals surface area (Å²) < 4.78 is 20.9. The quantitative estimate of drug-likeness (QED) is 0.0391. The van der Waals surface area contributed by atoms with Gasteiger partial charge in [0.2, 0.25) is 0 Å². The highest BCUT2D eigenvalue weighted by Crippen LogP contribution is 2.02. The van der Waals surface area contributed by atoms with Crippen LogP contribution in [0.25, 0.3) is 0 Å². The first kappa shape index (κ1) is 56.9. The molecule has 0 spiro atoms. The van der Waals surface area contributed by atoms with Gasteiger partial charge in [-0.1, -0.05) is 88.6 Å². The summed E-state index contributed by atoms with van der Waals surface area (Å²) in [6.45, 7) is 11.4. The average Bonchev–Trinajstić information content (AvgIpc) is 3.01. The van der Waals surface area contributed by atoms with Gasteiger partial charge >= 0.3 is 0 Å². The fourth-order valence-electron chi connectivity index (χ4n) is 3.02. The Morgan fingerprint density at radius 2 is 0.636 bits per heavy atom. The fourth-order valence-corrected chi connectivity index (χ4v) is 3.25. The Bertz CT molecular complexity index is 343. The molecule has 0 aromatic carbocycles. The van der Waals surface area contributed by atoms with E-state index < -0.39 is 0 Å². The molecule has 0 bridgehead atoms. The van der Waals surface area contributed by atoms with Gasteiger partial charge in [-0.2, -0.15) is 0 Å². The third-order valence-electron chi connectivity index (χ3n) is 5.44. The lowest BCUT2D eigenvalue weighted by molar-refractivity contribution is 0.0748. The van der Waals surface area contributed by atoms with Crippen molar-refractivity contribution in [2.75, 3.05) is 91.2 Å². The minimum absolute atomic E-state index is 0. The molecule has 0 amide bonds. The number of halogens is 2. The lowest BCUT2D eigenvalue weighted by atomic mass is 10.2. The number of rotatable bonds is 30. The van der Waals surface area contributed by atoms with Crippen molar-refractivity contribution in [3.63, 3.8) is 0 Å². The third kappa shape index (κ3) is 78.7. The lowest BCUT2D eigenvalue weighted by Crippen LogP contribution is -2.04. The molecule has 0 radical (unpaired) electrons. The van der Waals surface area contributed by atoms with Gasteiger partial charge in [0.05, 0.1) is 0 Å². The highest BCUT2D eigenvalue weighted by molar-refractivity contribution is 9.09. The number of hydrogen-bond acceptors (Lipinski definition) is 9. The maximum Gasteiger partial charge on any atom is 0.0488 e. The number of hydrogen-bond donors (Lipinski definition) is 5. The highest BCUT2D eigenvalue weighted by Gasteiger charge is 1.92. The molecule has 276 valence electrons. The van der Waals surface area contributed by atoms with Crippen LogP contribution in [0.3, 0.4) is 0 Å². The van der Waals surface area contributed by atoms with Crippen molar-refractivity contribution in [2.45, 2.75) is 124 Å². The smallest absolute Gasteiger partial charge is 0.0488 e. The van der Waals surface area contributed by atoms with Crippen molar-refractivity contribution in [2.24, 2.45) is 0 Å². The minimum Gasteiger partial charge on any atom is -0.396 e. The van der Waals surface area contributed by atoms with E-state index in [1.807, 2.05) is 0 Å². The Morgan fingerprint density at radius 1 is 0.364 bits per heavy atom. The Hall–Kier alpha value is 0.600. The average molecular weight is 777 g/mol. The molecule has 0 fully saturated rings. The molecule has 0 saturated carbocycles. The van der Waals surface area contributed by atoms with Crippen LogP contribution < -0.4 is 0 Å². The summed E-state index contributed by atoms with van der Waals surface area (Å²) in [5, 5.41) is 42.8. The minimum atomic E-state index is 0. The molecule has 0 aliphatic heterocycles. The molecule has 0 rings (SSSR count). The number of aliphatic hydroxyl groups is 5. The fraction of sp³-hybridized carbons (Fsp3) is 1.00. The van der Waals surface area contributed by atoms with Crippen LogP contribution >= 0.6 is 32.9 Å². The molecule has 0 aliphatic carbocycles. The van der Waals surface area contributed by atoms with E-state index >= 15 is 0 Å². The van der Waals surface area contributed by atoms with Crippen LogP contribution in [-0.2, 0) is 18.9 Å². The standard InChI is InChI=1S/C13H28O3.C7H16O.C6H13BrO2.C6H14O3.CH4.BrH/c1-2-3-4-5-6-10-15-12-8-13-16-11-7-9-14;1-2-3-4-5-6-7-8;2*7-3-1-5-9-6-2-4-8;;/h14H,2-13H2,1H3;8H,2-7H2,1H3;8H,1-6H2;7-8H,1-6H2;1H4;1H. The van der Waals surface area contributed by atoms with E-state index in [2.05, 4.69) is 29.8 Å². The van der Waals surface area contributed by atoms with Crippen LogP contribution in [0.1, 0.15) is 124 Å². The zero-order valence-corrected chi connectivity index (χ0v) is 31.2. The van der Waals surface area contributed by atoms with E-state index in [1.165, 1.54) is 57.8 Å². The van der Waals surface area contributed by atoms with Crippen molar-refractivity contribution >= 4 is 32.9 Å².